The number of rotatable bonds is 8. The van der Waals surface area contributed by atoms with Crippen LogP contribution in [0.5, 0.6) is 5.75 Å². The second kappa shape index (κ2) is 21.3. The fraction of sp³-hybridized carbons (Fsp3) is 0.564. The van der Waals surface area contributed by atoms with Gasteiger partial charge in [-0.2, -0.15) is 0 Å². The number of hydrogen-bond donors (Lipinski definition) is 6. The first-order valence-electron chi connectivity index (χ1n) is 18.2. The van der Waals surface area contributed by atoms with Crippen LogP contribution in [-0.2, 0) is 35.1 Å². The number of cyclic esters (lactones) is 1. The largest absolute Gasteiger partial charge is 0.508 e. The van der Waals surface area contributed by atoms with E-state index in [-0.39, 0.29) is 29.1 Å². The van der Waals surface area contributed by atoms with Gasteiger partial charge in [-0.05, 0) is 67.9 Å². The molecule has 3 amide bonds. The van der Waals surface area contributed by atoms with Crippen molar-refractivity contribution in [2.24, 2.45) is 17.8 Å². The molecule has 14 heteroatoms. The predicted octanol–water partition coefficient (Wildman–Crippen LogP) is 3.21. The van der Waals surface area contributed by atoms with Gasteiger partial charge >= 0.3 is 5.97 Å². The molecule has 53 heavy (non-hydrogen) atoms. The Labute approximate surface area is 325 Å². The molecule has 1 aromatic rings. The zero-order valence-electron chi connectivity index (χ0n) is 31.1. The van der Waals surface area contributed by atoms with Crippen molar-refractivity contribution in [3.8, 4) is 5.75 Å². The molecule has 2 aliphatic rings. The Kier molecular flexibility index (Phi) is 17.6. The van der Waals surface area contributed by atoms with Crippen LogP contribution < -0.4 is 16.1 Å². The molecule has 2 aliphatic heterocycles. The molecule has 0 saturated carbocycles. The van der Waals surface area contributed by atoms with E-state index in [2.05, 4.69) is 38.7 Å². The first-order chi connectivity index (χ1) is 25.1. The van der Waals surface area contributed by atoms with Crippen molar-refractivity contribution in [1.82, 2.24) is 21.1 Å². The number of aromatic hydroxyl groups is 1. The summed E-state index contributed by atoms with van der Waals surface area (Å²) in [5, 5.41) is 39.6. The summed E-state index contributed by atoms with van der Waals surface area (Å²) in [7, 11) is 0. The molecule has 1 aromatic carbocycles. The molecular formula is C39H55IN4O9. The van der Waals surface area contributed by atoms with Crippen LogP contribution in [0.15, 0.2) is 60.2 Å². The predicted molar refractivity (Wildman–Crippen MR) is 208 cm³/mol. The van der Waals surface area contributed by atoms with E-state index in [0.29, 0.717) is 43.1 Å². The number of aliphatic hydroxyl groups excluding tert-OH is 2. The van der Waals surface area contributed by atoms with Crippen LogP contribution in [0.2, 0.25) is 0 Å². The van der Waals surface area contributed by atoms with Crippen LogP contribution in [0.4, 0.5) is 0 Å². The summed E-state index contributed by atoms with van der Waals surface area (Å²) in [4.78, 5) is 66.9. The number of phenolic OH excluding ortho intramolecular Hbond substituents is 1. The van der Waals surface area contributed by atoms with Gasteiger partial charge in [0.25, 0.3) is 5.91 Å². The molecule has 1 fully saturated rings. The van der Waals surface area contributed by atoms with Crippen molar-refractivity contribution in [2.45, 2.75) is 114 Å². The number of allylic oxidation sites excluding steroid dienone is 3. The smallest absolute Gasteiger partial charge is 0.325 e. The fourth-order valence-corrected chi connectivity index (χ4v) is 6.67. The van der Waals surface area contributed by atoms with E-state index < -0.39 is 77.9 Å². The number of carbonyl (C=O) groups is 5. The summed E-state index contributed by atoms with van der Waals surface area (Å²) in [5.74, 6) is -4.49. The first-order valence-corrected chi connectivity index (χ1v) is 19.5. The number of ether oxygens (including phenoxy) is 1. The number of esters is 1. The van der Waals surface area contributed by atoms with E-state index in [9.17, 15) is 39.3 Å². The summed E-state index contributed by atoms with van der Waals surface area (Å²) in [6, 6.07) is 3.16. The van der Waals surface area contributed by atoms with Crippen molar-refractivity contribution in [1.29, 1.82) is 0 Å². The van der Waals surface area contributed by atoms with Crippen molar-refractivity contribution in [2.75, 3.05) is 6.54 Å². The number of phenols is 1. The molecule has 0 aromatic heterocycles. The third-order valence-electron chi connectivity index (χ3n) is 9.65. The van der Waals surface area contributed by atoms with Crippen molar-refractivity contribution in [3.63, 3.8) is 0 Å². The van der Waals surface area contributed by atoms with Gasteiger partial charge in [0.15, 0.2) is 0 Å². The molecule has 0 aliphatic carbocycles. The Morgan fingerprint density at radius 3 is 2.49 bits per heavy atom. The average molecular weight is 851 g/mol. The lowest BCUT2D eigenvalue weighted by molar-refractivity contribution is -0.156. The molecule has 3 rings (SSSR count). The third-order valence-corrected chi connectivity index (χ3v) is 10.3. The minimum Gasteiger partial charge on any atom is -0.508 e. The zero-order valence-corrected chi connectivity index (χ0v) is 33.3. The average Bonchev–Trinajstić information content (AvgIpc) is 3.11. The topological polar surface area (TPSA) is 195 Å². The van der Waals surface area contributed by atoms with Gasteiger partial charge in [0.1, 0.15) is 36.3 Å². The second-order valence-corrected chi connectivity index (χ2v) is 16.4. The molecular weight excluding hydrogens is 795 g/mol. The van der Waals surface area contributed by atoms with Gasteiger partial charge in [-0.15, -0.1) is 0 Å². The van der Waals surface area contributed by atoms with Gasteiger partial charge in [-0.1, -0.05) is 86.7 Å². The number of hydrogen-bond acceptors (Lipinski definition) is 10. The highest BCUT2D eigenvalue weighted by Crippen LogP contribution is 2.25. The van der Waals surface area contributed by atoms with Gasteiger partial charge < -0.3 is 30.7 Å². The van der Waals surface area contributed by atoms with E-state index in [1.807, 2.05) is 6.92 Å². The van der Waals surface area contributed by atoms with Gasteiger partial charge in [0.2, 0.25) is 11.8 Å². The van der Waals surface area contributed by atoms with E-state index >= 15 is 0 Å². The number of carbonyl (C=O) groups excluding carboxylic acids is 5. The Hall–Kier alpha value is -3.60. The van der Waals surface area contributed by atoms with Gasteiger partial charge in [-0.3, -0.25) is 29.0 Å². The molecule has 2 heterocycles. The zero-order chi connectivity index (χ0) is 39.2. The van der Waals surface area contributed by atoms with Crippen LogP contribution in [0, 0.1) is 17.8 Å². The summed E-state index contributed by atoms with van der Waals surface area (Å²) in [5.41, 5.74) is 4.05. The monoisotopic (exact) mass is 850 g/mol. The molecule has 1 unspecified atom stereocenters. The number of hydrazine groups is 1. The van der Waals surface area contributed by atoms with E-state index in [1.54, 1.807) is 58.1 Å². The molecule has 1 saturated heterocycles. The molecule has 6 N–H and O–H groups in total. The maximum absolute atomic E-state index is 14.2. The van der Waals surface area contributed by atoms with E-state index in [1.165, 1.54) is 29.3 Å². The number of benzene rings is 1. The number of aliphatic hydroxyl groups is 2. The molecule has 9 atom stereocenters. The summed E-state index contributed by atoms with van der Waals surface area (Å²) in [6.07, 6.45) is 7.14. The molecule has 0 spiro atoms. The SMILES string of the molecule is C/C(=C\C=O)[C@@H]1C/C=C/C=C/[C@H](O)[C@H](C)[C@@H](O)[C@@H](CCC(C)I)C(=O)N[C@@H](C(C)C)C(=O)N[C@@H](Cc2cccc(O)c2)C(=O)N2CCC[C@H](N2)C(=O)O1. The lowest BCUT2D eigenvalue weighted by Gasteiger charge is -2.36. The minimum absolute atomic E-state index is 0.00701. The van der Waals surface area contributed by atoms with Crippen molar-refractivity contribution < 1.29 is 44.0 Å². The highest BCUT2D eigenvalue weighted by molar-refractivity contribution is 14.1. The molecule has 292 valence electrons. The highest BCUT2D eigenvalue weighted by atomic mass is 127. The normalized spacial score (nSPS) is 30.6. The number of fused-ring (bicyclic) bond motifs is 2. The number of nitrogens with one attached hydrogen (secondary N) is 3. The molecule has 2 bridgehead atoms. The van der Waals surface area contributed by atoms with Gasteiger partial charge in [0, 0.05) is 29.2 Å². The van der Waals surface area contributed by atoms with Crippen LogP contribution in [0.25, 0.3) is 0 Å². The third kappa shape index (κ3) is 13.3. The van der Waals surface area contributed by atoms with Crippen LogP contribution in [-0.4, -0.2) is 97.2 Å². The van der Waals surface area contributed by atoms with Gasteiger partial charge in [-0.25, -0.2) is 5.43 Å². The van der Waals surface area contributed by atoms with Crippen molar-refractivity contribution >= 4 is 52.6 Å². The highest BCUT2D eigenvalue weighted by Gasteiger charge is 2.38. The lowest BCUT2D eigenvalue weighted by Crippen LogP contribution is -2.62. The quantitative estimate of drug-likeness (QED) is 0.0744. The van der Waals surface area contributed by atoms with Crippen LogP contribution in [0.3, 0.4) is 0 Å². The standard InChI is InChI=1S/C39H55IN4O9/c1-23(2)34-37(50)41-31(22-27-11-9-12-28(46)21-27)38(51)44-19-10-13-30(43-44)39(52)53-33(24(3)18-20-45)15-8-6-7-14-32(47)26(5)35(48)29(36(49)42-34)17-16-25(4)40/h6-9,11-12,14,18,20-21,23,25-26,29-35,43,46-48H,10,13,15-17,19,22H2,1-5H3,(H,41,50)(H,42,49)/b8-6+,14-7+,24-18+/t25?,26-,29+,30-,31-,32-,33-,34-,35+/m0/s1. The number of aldehydes is 1. The number of alkyl halides is 1. The van der Waals surface area contributed by atoms with Crippen LogP contribution in [0.1, 0.15) is 72.3 Å². The Balaban J connectivity index is 2.06. The van der Waals surface area contributed by atoms with Crippen LogP contribution >= 0.6 is 22.6 Å². The summed E-state index contributed by atoms with van der Waals surface area (Å²) >= 11 is 2.24. The Bertz CT molecular complexity index is 1510. The van der Waals surface area contributed by atoms with Crippen molar-refractivity contribution in [3.05, 3.63) is 65.8 Å². The van der Waals surface area contributed by atoms with E-state index in [0.717, 1.165) is 0 Å². The number of halogens is 1. The van der Waals surface area contributed by atoms with Gasteiger partial charge in [0.05, 0.1) is 18.1 Å². The number of nitrogens with zero attached hydrogens (tertiary/aromatic N) is 1. The second-order valence-electron chi connectivity index (χ2n) is 14.3. The maximum atomic E-state index is 14.2. The lowest BCUT2D eigenvalue weighted by atomic mass is 9.84. The Morgan fingerprint density at radius 1 is 1.09 bits per heavy atom. The summed E-state index contributed by atoms with van der Waals surface area (Å²) < 4.78 is 6.03. The maximum Gasteiger partial charge on any atom is 0.325 e. The Morgan fingerprint density at radius 2 is 1.83 bits per heavy atom. The fourth-order valence-electron chi connectivity index (χ4n) is 6.31. The minimum atomic E-state index is -1.26. The number of amides is 3. The molecule has 13 nitrogen and oxygen atoms in total. The molecule has 0 radical (unpaired) electrons. The van der Waals surface area contributed by atoms with E-state index in [4.69, 9.17) is 4.74 Å². The first kappa shape index (κ1) is 43.8. The summed E-state index contributed by atoms with van der Waals surface area (Å²) in [6.45, 7) is 9.05.